The lowest BCUT2D eigenvalue weighted by molar-refractivity contribution is 0.521. The van der Waals surface area contributed by atoms with Gasteiger partial charge < -0.3 is 5.32 Å². The van der Waals surface area contributed by atoms with Crippen LogP contribution in [-0.2, 0) is 12.8 Å². The molecule has 0 saturated heterocycles. The Balaban J connectivity index is 2.11. The maximum atomic E-state index is 6.26. The Hall–Kier alpha value is -0.730. The largest absolute Gasteiger partial charge is 0.314 e. The molecule has 0 amide bonds. The summed E-state index contributed by atoms with van der Waals surface area (Å²) >= 11 is 18.3. The first-order valence-corrected chi connectivity index (χ1v) is 8.13. The second-order valence-electron chi connectivity index (χ2n) is 5.03. The minimum atomic E-state index is 0.312. The highest BCUT2D eigenvalue weighted by molar-refractivity contribution is 6.33. The summed E-state index contributed by atoms with van der Waals surface area (Å²) in [6.07, 6.45) is 1.77. The molecular weight excluding hydrogens is 325 g/mol. The van der Waals surface area contributed by atoms with Crippen LogP contribution in [0, 0.1) is 0 Å². The number of benzene rings is 2. The third-order valence-corrected chi connectivity index (χ3v) is 4.22. The van der Waals surface area contributed by atoms with E-state index in [4.69, 9.17) is 34.8 Å². The van der Waals surface area contributed by atoms with Crippen LogP contribution in [0.1, 0.15) is 18.1 Å². The van der Waals surface area contributed by atoms with Crippen molar-refractivity contribution in [1.82, 2.24) is 5.32 Å². The van der Waals surface area contributed by atoms with Crippen LogP contribution in [0.15, 0.2) is 42.5 Å². The van der Waals surface area contributed by atoms with E-state index in [1.165, 1.54) is 5.56 Å². The van der Waals surface area contributed by atoms with Crippen LogP contribution in [-0.4, -0.2) is 12.6 Å². The van der Waals surface area contributed by atoms with Crippen molar-refractivity contribution in [2.45, 2.75) is 25.8 Å². The Morgan fingerprint density at radius 3 is 2.24 bits per heavy atom. The van der Waals surface area contributed by atoms with E-state index in [1.54, 1.807) is 0 Å². The van der Waals surface area contributed by atoms with Gasteiger partial charge in [0.15, 0.2) is 0 Å². The van der Waals surface area contributed by atoms with Crippen molar-refractivity contribution in [3.63, 3.8) is 0 Å². The zero-order valence-electron chi connectivity index (χ0n) is 11.9. The molecule has 0 fully saturated rings. The van der Waals surface area contributed by atoms with Gasteiger partial charge in [-0.15, -0.1) is 0 Å². The van der Waals surface area contributed by atoms with Gasteiger partial charge in [0.05, 0.1) is 0 Å². The van der Waals surface area contributed by atoms with Gasteiger partial charge in [-0.3, -0.25) is 0 Å². The van der Waals surface area contributed by atoms with Crippen molar-refractivity contribution in [2.75, 3.05) is 6.54 Å². The molecule has 0 aliphatic rings. The van der Waals surface area contributed by atoms with Gasteiger partial charge in [-0.25, -0.2) is 0 Å². The highest BCUT2D eigenvalue weighted by Crippen LogP contribution is 2.23. The van der Waals surface area contributed by atoms with Crippen LogP contribution in [0.5, 0.6) is 0 Å². The third-order valence-electron chi connectivity index (χ3n) is 3.36. The SMILES string of the molecule is CCNC(Cc1ccc(Cl)cc1)Cc1cc(Cl)ccc1Cl. The molecule has 1 N–H and O–H groups in total. The first kappa shape index (κ1) is 16.6. The Kier molecular flexibility index (Phi) is 6.38. The molecule has 0 saturated carbocycles. The Morgan fingerprint density at radius 1 is 0.905 bits per heavy atom. The smallest absolute Gasteiger partial charge is 0.0439 e. The van der Waals surface area contributed by atoms with Gasteiger partial charge in [-0.1, -0.05) is 53.9 Å². The van der Waals surface area contributed by atoms with E-state index in [9.17, 15) is 0 Å². The molecule has 0 aliphatic carbocycles. The molecule has 0 spiro atoms. The standard InChI is InChI=1S/C17H18Cl3N/c1-2-21-16(9-12-3-5-14(18)6-4-12)11-13-10-15(19)7-8-17(13)20/h3-8,10,16,21H,2,9,11H2,1H3. The van der Waals surface area contributed by atoms with Crippen molar-refractivity contribution >= 4 is 34.8 Å². The summed E-state index contributed by atoms with van der Waals surface area (Å²) in [4.78, 5) is 0. The number of hydrogen-bond donors (Lipinski definition) is 1. The number of halogens is 3. The van der Waals surface area contributed by atoms with E-state index in [-0.39, 0.29) is 0 Å². The molecule has 2 aromatic rings. The van der Waals surface area contributed by atoms with Crippen LogP contribution < -0.4 is 5.32 Å². The predicted octanol–water partition coefficient (Wildman–Crippen LogP) is 5.41. The number of rotatable bonds is 6. The van der Waals surface area contributed by atoms with Gasteiger partial charge in [0, 0.05) is 21.1 Å². The average Bonchev–Trinajstić information content (AvgIpc) is 2.45. The third kappa shape index (κ3) is 5.19. The Morgan fingerprint density at radius 2 is 1.57 bits per heavy atom. The minimum absolute atomic E-state index is 0.312. The molecule has 0 bridgehead atoms. The van der Waals surface area contributed by atoms with Crippen LogP contribution in [0.25, 0.3) is 0 Å². The molecule has 2 rings (SSSR count). The average molecular weight is 343 g/mol. The van der Waals surface area contributed by atoms with Gasteiger partial charge in [-0.05, 0) is 60.8 Å². The van der Waals surface area contributed by atoms with E-state index in [0.29, 0.717) is 6.04 Å². The quantitative estimate of drug-likeness (QED) is 0.740. The second kappa shape index (κ2) is 8.05. The summed E-state index contributed by atoms with van der Waals surface area (Å²) in [7, 11) is 0. The van der Waals surface area contributed by atoms with Crippen LogP contribution in [0.2, 0.25) is 15.1 Å². The lowest BCUT2D eigenvalue weighted by Gasteiger charge is -2.19. The maximum absolute atomic E-state index is 6.26. The first-order valence-electron chi connectivity index (χ1n) is 7.00. The van der Waals surface area contributed by atoms with Crippen LogP contribution in [0.4, 0.5) is 0 Å². The maximum Gasteiger partial charge on any atom is 0.0439 e. The fourth-order valence-corrected chi connectivity index (χ4v) is 2.89. The molecule has 1 unspecified atom stereocenters. The van der Waals surface area contributed by atoms with Crippen molar-refractivity contribution in [3.05, 3.63) is 68.7 Å². The summed E-state index contributed by atoms with van der Waals surface area (Å²) in [5.41, 5.74) is 2.33. The number of likely N-dealkylation sites (N-methyl/N-ethyl adjacent to an activating group) is 1. The first-order chi connectivity index (χ1) is 10.1. The second-order valence-corrected chi connectivity index (χ2v) is 6.31. The molecule has 2 aromatic carbocycles. The highest BCUT2D eigenvalue weighted by Gasteiger charge is 2.12. The normalized spacial score (nSPS) is 12.4. The van der Waals surface area contributed by atoms with E-state index in [1.807, 2.05) is 30.3 Å². The molecule has 0 heterocycles. The molecule has 0 radical (unpaired) electrons. The van der Waals surface area contributed by atoms with Gasteiger partial charge in [0.25, 0.3) is 0 Å². The van der Waals surface area contributed by atoms with Crippen LogP contribution in [0.3, 0.4) is 0 Å². The molecule has 0 aromatic heterocycles. The van der Waals surface area contributed by atoms with E-state index in [0.717, 1.165) is 40.0 Å². The summed E-state index contributed by atoms with van der Waals surface area (Å²) in [5, 5.41) is 5.75. The lowest BCUT2D eigenvalue weighted by atomic mass is 9.99. The monoisotopic (exact) mass is 341 g/mol. The predicted molar refractivity (Wildman–Crippen MR) is 92.8 cm³/mol. The molecule has 4 heteroatoms. The molecule has 21 heavy (non-hydrogen) atoms. The van der Waals surface area contributed by atoms with Gasteiger partial charge in [0.1, 0.15) is 0 Å². The van der Waals surface area contributed by atoms with E-state index in [2.05, 4.69) is 24.4 Å². The highest BCUT2D eigenvalue weighted by atomic mass is 35.5. The zero-order valence-corrected chi connectivity index (χ0v) is 14.1. The number of hydrogen-bond acceptors (Lipinski definition) is 1. The van der Waals surface area contributed by atoms with E-state index >= 15 is 0 Å². The fraction of sp³-hybridized carbons (Fsp3) is 0.294. The summed E-state index contributed by atoms with van der Waals surface area (Å²) < 4.78 is 0. The summed E-state index contributed by atoms with van der Waals surface area (Å²) in [5.74, 6) is 0. The van der Waals surface area contributed by atoms with Crippen molar-refractivity contribution in [3.8, 4) is 0 Å². The van der Waals surface area contributed by atoms with Gasteiger partial charge >= 0.3 is 0 Å². The topological polar surface area (TPSA) is 12.0 Å². The Labute approximate surface area is 141 Å². The molecule has 0 aliphatic heterocycles. The molecular formula is C17H18Cl3N. The molecule has 1 atom stereocenters. The van der Waals surface area contributed by atoms with Gasteiger partial charge in [-0.2, -0.15) is 0 Å². The van der Waals surface area contributed by atoms with Crippen molar-refractivity contribution in [1.29, 1.82) is 0 Å². The molecule has 112 valence electrons. The molecule has 1 nitrogen and oxygen atoms in total. The van der Waals surface area contributed by atoms with E-state index < -0.39 is 0 Å². The zero-order chi connectivity index (χ0) is 15.2. The van der Waals surface area contributed by atoms with Gasteiger partial charge in [0.2, 0.25) is 0 Å². The summed E-state index contributed by atoms with van der Waals surface area (Å²) in [6.45, 7) is 3.02. The fourth-order valence-electron chi connectivity index (χ4n) is 2.38. The van der Waals surface area contributed by atoms with Crippen molar-refractivity contribution < 1.29 is 0 Å². The van der Waals surface area contributed by atoms with Crippen molar-refractivity contribution in [2.24, 2.45) is 0 Å². The Bertz CT molecular complexity index is 581. The van der Waals surface area contributed by atoms with Crippen LogP contribution >= 0.6 is 34.8 Å². The lowest BCUT2D eigenvalue weighted by Crippen LogP contribution is -2.33. The summed E-state index contributed by atoms with van der Waals surface area (Å²) in [6, 6.07) is 13.9. The number of nitrogens with one attached hydrogen (secondary N) is 1. The minimum Gasteiger partial charge on any atom is -0.314 e.